The molecule has 2 saturated carbocycles. The Labute approximate surface area is 203 Å². The van der Waals surface area contributed by atoms with Gasteiger partial charge in [0.25, 0.3) is 0 Å². The van der Waals surface area contributed by atoms with Crippen LogP contribution in [-0.2, 0) is 33.4 Å². The van der Waals surface area contributed by atoms with Crippen molar-refractivity contribution in [2.45, 2.75) is 58.7 Å². The fourth-order valence-electron chi connectivity index (χ4n) is 6.81. The molecule has 0 radical (unpaired) electrons. The van der Waals surface area contributed by atoms with E-state index in [9.17, 15) is 29.1 Å². The van der Waals surface area contributed by atoms with E-state index in [-0.39, 0.29) is 29.9 Å². The maximum absolute atomic E-state index is 13.8. The highest BCUT2D eigenvalue weighted by Crippen LogP contribution is 2.64. The number of hydrogen-bond acceptors (Lipinski definition) is 9. The van der Waals surface area contributed by atoms with Gasteiger partial charge in [-0.3, -0.25) is 24.0 Å². The van der Waals surface area contributed by atoms with E-state index in [1.54, 1.807) is 6.92 Å². The lowest BCUT2D eigenvalue weighted by atomic mass is 9.43. The van der Waals surface area contributed by atoms with E-state index in [0.717, 1.165) is 0 Å². The van der Waals surface area contributed by atoms with E-state index >= 15 is 0 Å². The highest BCUT2D eigenvalue weighted by molar-refractivity contribution is 6.02. The molecule has 9 heteroatoms. The second-order valence-electron chi connectivity index (χ2n) is 10.4. The molecule has 2 aliphatic carbocycles. The Morgan fingerprint density at radius 1 is 1.14 bits per heavy atom. The van der Waals surface area contributed by atoms with Gasteiger partial charge >= 0.3 is 17.9 Å². The molecular formula is C26H30O9. The third kappa shape index (κ3) is 4.00. The van der Waals surface area contributed by atoms with Gasteiger partial charge in [0.2, 0.25) is 5.78 Å². The molecule has 35 heavy (non-hydrogen) atoms. The van der Waals surface area contributed by atoms with Gasteiger partial charge in [-0.05, 0) is 42.2 Å². The Hall–Kier alpha value is -3.23. The quantitative estimate of drug-likeness (QED) is 0.387. The van der Waals surface area contributed by atoms with Crippen LogP contribution >= 0.6 is 0 Å². The summed E-state index contributed by atoms with van der Waals surface area (Å²) in [6.45, 7) is 4.82. The fourth-order valence-corrected chi connectivity index (χ4v) is 6.81. The first kappa shape index (κ1) is 24.9. The van der Waals surface area contributed by atoms with E-state index in [0.29, 0.717) is 12.8 Å². The van der Waals surface area contributed by atoms with Crippen LogP contribution in [0.4, 0.5) is 0 Å². The number of carbonyl (C=O) groups excluding carboxylic acids is 5. The van der Waals surface area contributed by atoms with E-state index in [2.05, 4.69) is 0 Å². The molecule has 3 fully saturated rings. The van der Waals surface area contributed by atoms with Crippen LogP contribution in [0.2, 0.25) is 0 Å². The number of esters is 3. The number of hydrogen-bond donors (Lipinski definition) is 1. The number of fused-ring (bicyclic) bond motifs is 3. The van der Waals surface area contributed by atoms with Crippen LogP contribution in [-0.4, -0.2) is 53.9 Å². The SMILES string of the molecule is COC(=O)[C@@H]1C[C@H](OC(C)=O)C(=O)[C@H]2[C@@]1(C)CC[C@H]1C(=O)O[C@H](C(=O)c3cccc(O)c3)C[C@]21C. The zero-order chi connectivity index (χ0) is 25.7. The number of rotatable bonds is 4. The molecule has 1 aromatic carbocycles. The van der Waals surface area contributed by atoms with Gasteiger partial charge in [-0.2, -0.15) is 0 Å². The molecule has 0 amide bonds. The maximum atomic E-state index is 13.8. The van der Waals surface area contributed by atoms with Crippen molar-refractivity contribution in [1.82, 2.24) is 0 Å². The molecule has 4 rings (SSSR count). The van der Waals surface area contributed by atoms with Crippen molar-refractivity contribution in [2.24, 2.45) is 28.6 Å². The average Bonchev–Trinajstić information content (AvgIpc) is 2.78. The van der Waals surface area contributed by atoms with Crippen molar-refractivity contribution < 1.29 is 43.3 Å². The Kier molecular flexibility index (Phi) is 6.23. The lowest BCUT2D eigenvalue weighted by molar-refractivity contribution is -0.206. The van der Waals surface area contributed by atoms with Gasteiger partial charge in [-0.1, -0.05) is 26.0 Å². The zero-order valence-corrected chi connectivity index (χ0v) is 20.2. The van der Waals surface area contributed by atoms with Crippen LogP contribution < -0.4 is 0 Å². The van der Waals surface area contributed by atoms with Gasteiger partial charge in [0.05, 0.1) is 18.9 Å². The number of cyclic esters (lactones) is 1. The van der Waals surface area contributed by atoms with Crippen LogP contribution in [0, 0.1) is 28.6 Å². The van der Waals surface area contributed by atoms with Crippen LogP contribution in [0.15, 0.2) is 24.3 Å². The zero-order valence-electron chi connectivity index (χ0n) is 20.2. The number of carbonyl (C=O) groups is 5. The molecule has 1 aromatic rings. The third-order valence-corrected chi connectivity index (χ3v) is 8.32. The summed E-state index contributed by atoms with van der Waals surface area (Å²) < 4.78 is 15.9. The molecule has 0 spiro atoms. The first-order valence-electron chi connectivity index (χ1n) is 11.7. The van der Waals surface area contributed by atoms with Crippen LogP contribution in [0.3, 0.4) is 0 Å². The molecule has 1 heterocycles. The number of benzene rings is 1. The third-order valence-electron chi connectivity index (χ3n) is 8.32. The molecular weight excluding hydrogens is 456 g/mol. The maximum Gasteiger partial charge on any atom is 0.310 e. The topological polar surface area (TPSA) is 133 Å². The number of phenols is 1. The largest absolute Gasteiger partial charge is 0.508 e. The fraction of sp³-hybridized carbons (Fsp3) is 0.577. The summed E-state index contributed by atoms with van der Waals surface area (Å²) in [6, 6.07) is 5.76. The Morgan fingerprint density at radius 3 is 2.49 bits per heavy atom. The second kappa shape index (κ2) is 8.77. The Bertz CT molecular complexity index is 1090. The van der Waals surface area contributed by atoms with Crippen molar-refractivity contribution in [3.63, 3.8) is 0 Å². The molecule has 1 N–H and O–H groups in total. The highest BCUT2D eigenvalue weighted by Gasteiger charge is 2.68. The lowest BCUT2D eigenvalue weighted by Crippen LogP contribution is -2.65. The Morgan fingerprint density at radius 2 is 1.86 bits per heavy atom. The van der Waals surface area contributed by atoms with E-state index in [1.165, 1.54) is 38.3 Å². The molecule has 0 aromatic heterocycles. The molecule has 7 atom stereocenters. The van der Waals surface area contributed by atoms with Gasteiger partial charge < -0.3 is 19.3 Å². The summed E-state index contributed by atoms with van der Waals surface area (Å²) in [4.78, 5) is 64.8. The molecule has 1 saturated heterocycles. The molecule has 0 unspecified atom stereocenters. The van der Waals surface area contributed by atoms with Crippen molar-refractivity contribution in [2.75, 3.05) is 7.11 Å². The standard InChI is InChI=1S/C26H30O9/c1-13(27)34-18-11-17(23(31)33-4)25(2)9-8-16-24(32)35-19(12-26(16,3)22(25)21(18)30)20(29)14-6-5-7-15(28)10-14/h5-7,10,16-19,22,28H,8-9,11-12H2,1-4H3/t16-,17-,18-,19-,22-,25-,26-/m0/s1. The van der Waals surface area contributed by atoms with Gasteiger partial charge in [0.15, 0.2) is 18.0 Å². The normalized spacial score (nSPS) is 36.3. The molecule has 3 aliphatic rings. The predicted octanol–water partition coefficient (Wildman–Crippen LogP) is 2.62. The van der Waals surface area contributed by atoms with Crippen LogP contribution in [0.1, 0.15) is 56.8 Å². The van der Waals surface area contributed by atoms with Gasteiger partial charge in [-0.25, -0.2) is 0 Å². The summed E-state index contributed by atoms with van der Waals surface area (Å²) in [5.41, 5.74) is -1.70. The van der Waals surface area contributed by atoms with Gasteiger partial charge in [0, 0.05) is 24.8 Å². The second-order valence-corrected chi connectivity index (χ2v) is 10.4. The van der Waals surface area contributed by atoms with Crippen molar-refractivity contribution in [3.8, 4) is 5.75 Å². The van der Waals surface area contributed by atoms with Crippen LogP contribution in [0.5, 0.6) is 5.75 Å². The first-order valence-corrected chi connectivity index (χ1v) is 11.7. The average molecular weight is 487 g/mol. The summed E-state index contributed by atoms with van der Waals surface area (Å²) >= 11 is 0. The van der Waals surface area contributed by atoms with Crippen molar-refractivity contribution in [1.29, 1.82) is 0 Å². The van der Waals surface area contributed by atoms with Gasteiger partial charge in [-0.15, -0.1) is 0 Å². The summed E-state index contributed by atoms with van der Waals surface area (Å²) in [6.07, 6.45) is -1.46. The number of Topliss-reactive ketones (excluding diaryl/α,β-unsaturated/α-hetero) is 2. The monoisotopic (exact) mass is 486 g/mol. The minimum Gasteiger partial charge on any atom is -0.508 e. The first-order chi connectivity index (χ1) is 16.4. The number of ether oxygens (including phenoxy) is 3. The number of methoxy groups -OCH3 is 1. The summed E-state index contributed by atoms with van der Waals surface area (Å²) in [5.74, 6) is -4.89. The molecule has 9 nitrogen and oxygen atoms in total. The van der Waals surface area contributed by atoms with Crippen molar-refractivity contribution in [3.05, 3.63) is 29.8 Å². The van der Waals surface area contributed by atoms with Crippen LogP contribution in [0.25, 0.3) is 0 Å². The smallest absolute Gasteiger partial charge is 0.310 e. The minimum absolute atomic E-state index is 0.00886. The Balaban J connectivity index is 1.77. The lowest BCUT2D eigenvalue weighted by Gasteiger charge is -2.60. The minimum atomic E-state index is -1.16. The molecule has 0 bridgehead atoms. The number of phenolic OH excluding ortho intramolecular Hbond substituents is 1. The predicted molar refractivity (Wildman–Crippen MR) is 120 cm³/mol. The molecule has 188 valence electrons. The summed E-state index contributed by atoms with van der Waals surface area (Å²) in [7, 11) is 1.27. The molecule has 1 aliphatic heterocycles. The van der Waals surface area contributed by atoms with Gasteiger partial charge in [0.1, 0.15) is 5.75 Å². The van der Waals surface area contributed by atoms with Crippen molar-refractivity contribution >= 4 is 29.5 Å². The number of ketones is 2. The summed E-state index contributed by atoms with van der Waals surface area (Å²) in [5, 5.41) is 9.79. The van der Waals surface area contributed by atoms with E-state index in [4.69, 9.17) is 14.2 Å². The van der Waals surface area contributed by atoms with E-state index < -0.39 is 64.5 Å². The highest BCUT2D eigenvalue weighted by atomic mass is 16.6. The number of aromatic hydroxyl groups is 1. The van der Waals surface area contributed by atoms with E-state index in [1.807, 2.05) is 6.92 Å².